The molecule has 0 aliphatic heterocycles. The Morgan fingerprint density at radius 2 is 2.12 bits per heavy atom. The van der Waals surface area contributed by atoms with Crippen molar-refractivity contribution < 1.29 is 17.9 Å². The molecular weight excluding hydrogens is 257 g/mol. The summed E-state index contributed by atoms with van der Waals surface area (Å²) in [6.45, 7) is 1.33. The van der Waals surface area contributed by atoms with Crippen LogP contribution in [0.1, 0.15) is 11.3 Å². The van der Waals surface area contributed by atoms with Gasteiger partial charge in [0.05, 0.1) is 6.61 Å². The van der Waals surface area contributed by atoms with Gasteiger partial charge in [-0.1, -0.05) is 11.6 Å². The largest absolute Gasteiger partial charge is 0.433 e. The summed E-state index contributed by atoms with van der Waals surface area (Å²) in [4.78, 5) is 3.24. The number of hydrogen-bond donors (Lipinski definition) is 1. The third-order valence-corrected chi connectivity index (χ3v) is 2.15. The molecule has 0 fully saturated rings. The van der Waals surface area contributed by atoms with Gasteiger partial charge in [-0.3, -0.25) is 0 Å². The lowest BCUT2D eigenvalue weighted by Gasteiger charge is -2.09. The molecule has 96 valence electrons. The van der Waals surface area contributed by atoms with E-state index in [1.54, 1.807) is 7.11 Å². The third kappa shape index (κ3) is 4.89. The van der Waals surface area contributed by atoms with E-state index >= 15 is 0 Å². The van der Waals surface area contributed by atoms with Gasteiger partial charge in [-0.05, 0) is 17.7 Å². The first-order valence-electron chi connectivity index (χ1n) is 4.87. The molecule has 0 spiro atoms. The zero-order chi connectivity index (χ0) is 12.9. The van der Waals surface area contributed by atoms with Crippen molar-refractivity contribution in [2.24, 2.45) is 0 Å². The Labute approximate surface area is 102 Å². The second-order valence-corrected chi connectivity index (χ2v) is 3.74. The summed E-state index contributed by atoms with van der Waals surface area (Å²) in [5.74, 6) is 0. The molecule has 0 atom stereocenters. The first kappa shape index (κ1) is 14.2. The molecule has 0 radical (unpaired) electrons. The van der Waals surface area contributed by atoms with Crippen LogP contribution in [0.3, 0.4) is 0 Å². The number of methoxy groups -OCH3 is 1. The average molecular weight is 269 g/mol. The van der Waals surface area contributed by atoms with Crippen molar-refractivity contribution in [1.29, 1.82) is 0 Å². The van der Waals surface area contributed by atoms with Crippen LogP contribution in [0.4, 0.5) is 13.2 Å². The van der Waals surface area contributed by atoms with Crippen molar-refractivity contribution in [2.75, 3.05) is 20.3 Å². The van der Waals surface area contributed by atoms with Gasteiger partial charge in [0.15, 0.2) is 0 Å². The highest BCUT2D eigenvalue weighted by Gasteiger charge is 2.33. The number of nitrogens with one attached hydrogen (secondary N) is 1. The smallest absolute Gasteiger partial charge is 0.383 e. The molecule has 1 rings (SSSR count). The number of aromatic nitrogens is 1. The van der Waals surface area contributed by atoms with E-state index in [-0.39, 0.29) is 11.7 Å². The van der Waals surface area contributed by atoms with E-state index in [9.17, 15) is 13.2 Å². The standard InChI is InChI=1S/C10H12ClF3N2O/c1-17-3-2-15-6-7-4-8(10(12,13)14)16-9(11)5-7/h4-5,15H,2-3,6H2,1H3. The van der Waals surface area contributed by atoms with Gasteiger partial charge in [0, 0.05) is 20.2 Å². The molecular formula is C10H12ClF3N2O. The Morgan fingerprint density at radius 1 is 1.41 bits per heavy atom. The van der Waals surface area contributed by atoms with Crippen LogP contribution >= 0.6 is 11.6 Å². The summed E-state index contributed by atoms with van der Waals surface area (Å²) < 4.78 is 42.1. The summed E-state index contributed by atoms with van der Waals surface area (Å²) in [7, 11) is 1.55. The van der Waals surface area contributed by atoms with Crippen LogP contribution in [-0.2, 0) is 17.5 Å². The molecule has 0 bridgehead atoms. The highest BCUT2D eigenvalue weighted by Crippen LogP contribution is 2.29. The zero-order valence-electron chi connectivity index (χ0n) is 9.14. The van der Waals surface area contributed by atoms with Crippen LogP contribution in [0.5, 0.6) is 0 Å². The molecule has 0 saturated carbocycles. The second-order valence-electron chi connectivity index (χ2n) is 3.35. The van der Waals surface area contributed by atoms with Gasteiger partial charge in [0.2, 0.25) is 0 Å². The number of ether oxygens (including phenoxy) is 1. The van der Waals surface area contributed by atoms with Crippen LogP contribution in [0.2, 0.25) is 5.15 Å². The molecule has 17 heavy (non-hydrogen) atoms. The lowest BCUT2D eigenvalue weighted by Crippen LogP contribution is -2.19. The Hall–Kier alpha value is -0.850. The number of nitrogens with zero attached hydrogens (tertiary/aromatic N) is 1. The Bertz CT molecular complexity index is 371. The maximum atomic E-state index is 12.4. The highest BCUT2D eigenvalue weighted by atomic mass is 35.5. The minimum absolute atomic E-state index is 0.164. The van der Waals surface area contributed by atoms with Crippen LogP contribution < -0.4 is 5.32 Å². The van der Waals surface area contributed by atoms with Crippen LogP contribution in [0.15, 0.2) is 12.1 Å². The summed E-state index contributed by atoms with van der Waals surface area (Å²) in [5, 5.41) is 2.77. The molecule has 0 aliphatic carbocycles. The molecule has 0 aromatic carbocycles. The second kappa shape index (κ2) is 6.18. The monoisotopic (exact) mass is 268 g/mol. The minimum Gasteiger partial charge on any atom is -0.383 e. The molecule has 1 aromatic rings. The van der Waals surface area contributed by atoms with Crippen molar-refractivity contribution in [3.05, 3.63) is 28.5 Å². The highest BCUT2D eigenvalue weighted by molar-refractivity contribution is 6.29. The van der Waals surface area contributed by atoms with Crippen molar-refractivity contribution in [2.45, 2.75) is 12.7 Å². The SMILES string of the molecule is COCCNCc1cc(Cl)nc(C(F)(F)F)c1. The van der Waals surface area contributed by atoms with Crippen molar-refractivity contribution in [1.82, 2.24) is 10.3 Å². The Balaban J connectivity index is 2.69. The fourth-order valence-corrected chi connectivity index (χ4v) is 1.44. The third-order valence-electron chi connectivity index (χ3n) is 1.96. The maximum Gasteiger partial charge on any atom is 0.433 e. The van der Waals surface area contributed by atoms with Gasteiger partial charge < -0.3 is 10.1 Å². The number of pyridine rings is 1. The molecule has 0 unspecified atom stereocenters. The molecule has 0 aliphatic rings. The van der Waals surface area contributed by atoms with Gasteiger partial charge in [0.1, 0.15) is 10.8 Å². The van der Waals surface area contributed by atoms with E-state index < -0.39 is 11.9 Å². The predicted octanol–water partition coefficient (Wildman–Crippen LogP) is 2.49. The number of hydrogen-bond acceptors (Lipinski definition) is 3. The van der Waals surface area contributed by atoms with Crippen molar-refractivity contribution in [3.8, 4) is 0 Å². The fraction of sp³-hybridized carbons (Fsp3) is 0.500. The molecule has 1 heterocycles. The quantitative estimate of drug-likeness (QED) is 0.658. The lowest BCUT2D eigenvalue weighted by atomic mass is 10.2. The normalized spacial score (nSPS) is 11.8. The summed E-state index contributed by atoms with van der Waals surface area (Å²) in [5.41, 5.74) is -0.540. The number of alkyl halides is 3. The van der Waals surface area contributed by atoms with Gasteiger partial charge in [-0.2, -0.15) is 13.2 Å². The van der Waals surface area contributed by atoms with E-state index in [4.69, 9.17) is 16.3 Å². The van der Waals surface area contributed by atoms with Crippen molar-refractivity contribution >= 4 is 11.6 Å². The van der Waals surface area contributed by atoms with E-state index in [1.165, 1.54) is 6.07 Å². The van der Waals surface area contributed by atoms with Gasteiger partial charge >= 0.3 is 6.18 Å². The zero-order valence-corrected chi connectivity index (χ0v) is 9.90. The molecule has 0 saturated heterocycles. The summed E-state index contributed by atoms with van der Waals surface area (Å²) in [6.07, 6.45) is -4.48. The Kier molecular flexibility index (Phi) is 5.17. The molecule has 0 amide bonds. The predicted molar refractivity (Wildman–Crippen MR) is 57.8 cm³/mol. The van der Waals surface area contributed by atoms with Crippen LogP contribution in [0, 0.1) is 0 Å². The van der Waals surface area contributed by atoms with Crippen LogP contribution in [-0.4, -0.2) is 25.2 Å². The van der Waals surface area contributed by atoms with Gasteiger partial charge in [-0.15, -0.1) is 0 Å². The Morgan fingerprint density at radius 3 is 2.71 bits per heavy atom. The van der Waals surface area contributed by atoms with E-state index in [0.717, 1.165) is 6.07 Å². The molecule has 7 heteroatoms. The maximum absolute atomic E-state index is 12.4. The van der Waals surface area contributed by atoms with Crippen LogP contribution in [0.25, 0.3) is 0 Å². The first-order chi connectivity index (χ1) is 7.93. The van der Waals surface area contributed by atoms with Gasteiger partial charge in [-0.25, -0.2) is 4.98 Å². The van der Waals surface area contributed by atoms with Crippen molar-refractivity contribution in [3.63, 3.8) is 0 Å². The average Bonchev–Trinajstić information content (AvgIpc) is 2.22. The molecule has 1 N–H and O–H groups in total. The summed E-state index contributed by atoms with van der Waals surface area (Å²) >= 11 is 5.53. The first-order valence-corrected chi connectivity index (χ1v) is 5.24. The molecule has 1 aromatic heterocycles. The number of rotatable bonds is 5. The molecule has 3 nitrogen and oxygen atoms in total. The summed E-state index contributed by atoms with van der Waals surface area (Å²) in [6, 6.07) is 2.38. The van der Waals surface area contributed by atoms with E-state index in [1.807, 2.05) is 0 Å². The minimum atomic E-state index is -4.48. The van der Waals surface area contributed by atoms with E-state index in [0.29, 0.717) is 18.7 Å². The van der Waals surface area contributed by atoms with E-state index in [2.05, 4.69) is 10.3 Å². The topological polar surface area (TPSA) is 34.1 Å². The fourth-order valence-electron chi connectivity index (χ4n) is 1.20. The number of halogens is 4. The van der Waals surface area contributed by atoms with Gasteiger partial charge in [0.25, 0.3) is 0 Å². The lowest BCUT2D eigenvalue weighted by molar-refractivity contribution is -0.141.